The number of Topliss-reactive ketones (excluding diaryl/α,β-unsaturated/α-hetero) is 1. The number of aliphatic carboxylic acids is 1. The van der Waals surface area contributed by atoms with Crippen molar-refractivity contribution in [1.82, 2.24) is 0 Å². The summed E-state index contributed by atoms with van der Waals surface area (Å²) in [5.74, 6) is -0.0423. The van der Waals surface area contributed by atoms with Gasteiger partial charge in [0.25, 0.3) is 0 Å². The molecule has 0 aromatic rings. The van der Waals surface area contributed by atoms with Gasteiger partial charge >= 0.3 is 5.97 Å². The summed E-state index contributed by atoms with van der Waals surface area (Å²) in [4.78, 5) is 22.6. The van der Waals surface area contributed by atoms with Crippen LogP contribution < -0.4 is 0 Å². The summed E-state index contributed by atoms with van der Waals surface area (Å²) < 4.78 is 0. The molecule has 2 unspecified atom stereocenters. The third kappa shape index (κ3) is 9.20. The van der Waals surface area contributed by atoms with E-state index in [1.165, 1.54) is 0 Å². The highest BCUT2D eigenvalue weighted by Crippen LogP contribution is 2.34. The van der Waals surface area contributed by atoms with Gasteiger partial charge in [-0.2, -0.15) is 0 Å². The van der Waals surface area contributed by atoms with Gasteiger partial charge in [0, 0.05) is 18.8 Å². The molecule has 4 nitrogen and oxygen atoms in total. The molecule has 0 bridgehead atoms. The second-order valence-corrected chi connectivity index (χ2v) is 7.80. The van der Waals surface area contributed by atoms with Crippen molar-refractivity contribution in [1.29, 1.82) is 0 Å². The molecule has 1 rings (SSSR count). The Morgan fingerprint density at radius 1 is 1.20 bits per heavy atom. The molecule has 0 amide bonds. The summed E-state index contributed by atoms with van der Waals surface area (Å²) in [5, 5.41) is 19.1. The quantitative estimate of drug-likeness (QED) is 0.365. The van der Waals surface area contributed by atoms with Crippen molar-refractivity contribution in [2.24, 2.45) is 11.8 Å². The number of carbonyl (C=O) groups is 2. The first kappa shape index (κ1) is 21.9. The molecule has 144 valence electrons. The summed E-state index contributed by atoms with van der Waals surface area (Å²) in [5.41, 5.74) is -0.776. The standard InChI is InChI=1S/C21H36O4/c1-3-4-9-15-21(2,25)16-14-17-12-13-19(22)18(17)10-7-5-6-8-11-20(23)24/h14,16-18,25H,3-13,15H2,1-2H3,(H,23,24)/b16-14+/t17?,18-,21?/m1/s1. The monoisotopic (exact) mass is 352 g/mol. The van der Waals surface area contributed by atoms with Crippen LogP contribution in [0.2, 0.25) is 0 Å². The normalized spacial score (nSPS) is 23.2. The number of carboxylic acid groups (broad SMARTS) is 1. The average molecular weight is 353 g/mol. The van der Waals surface area contributed by atoms with Gasteiger partial charge in [0.2, 0.25) is 0 Å². The molecule has 0 aromatic carbocycles. The second-order valence-electron chi connectivity index (χ2n) is 7.80. The van der Waals surface area contributed by atoms with E-state index in [1.54, 1.807) is 0 Å². The number of allylic oxidation sites excluding steroid dienone is 1. The molecular weight excluding hydrogens is 316 g/mol. The van der Waals surface area contributed by atoms with Gasteiger partial charge in [-0.15, -0.1) is 0 Å². The highest BCUT2D eigenvalue weighted by atomic mass is 16.4. The second kappa shape index (κ2) is 11.5. The summed E-state index contributed by atoms with van der Waals surface area (Å²) >= 11 is 0. The van der Waals surface area contributed by atoms with Crippen LogP contribution in [0.25, 0.3) is 0 Å². The molecule has 25 heavy (non-hydrogen) atoms. The number of hydrogen-bond acceptors (Lipinski definition) is 3. The lowest BCUT2D eigenvalue weighted by Crippen LogP contribution is -2.21. The molecule has 1 saturated carbocycles. The number of carbonyl (C=O) groups excluding carboxylic acids is 1. The topological polar surface area (TPSA) is 74.6 Å². The van der Waals surface area contributed by atoms with E-state index in [4.69, 9.17) is 5.11 Å². The first-order valence-corrected chi connectivity index (χ1v) is 10.0. The third-order valence-electron chi connectivity index (χ3n) is 5.30. The van der Waals surface area contributed by atoms with Crippen LogP contribution in [0.15, 0.2) is 12.2 Å². The van der Waals surface area contributed by atoms with Gasteiger partial charge in [-0.3, -0.25) is 9.59 Å². The average Bonchev–Trinajstić information content (AvgIpc) is 2.89. The van der Waals surface area contributed by atoms with Crippen molar-refractivity contribution >= 4 is 11.8 Å². The Bertz CT molecular complexity index is 439. The van der Waals surface area contributed by atoms with Crippen LogP contribution in [0.3, 0.4) is 0 Å². The zero-order valence-electron chi connectivity index (χ0n) is 16.0. The number of carboxylic acids is 1. The Morgan fingerprint density at radius 3 is 2.60 bits per heavy atom. The lowest BCUT2D eigenvalue weighted by Gasteiger charge is -2.21. The van der Waals surface area contributed by atoms with Crippen molar-refractivity contribution in [2.45, 2.75) is 96.5 Å². The van der Waals surface area contributed by atoms with E-state index in [9.17, 15) is 14.7 Å². The summed E-state index contributed by atoms with van der Waals surface area (Å²) in [6.45, 7) is 4.01. The number of unbranched alkanes of at least 4 members (excludes halogenated alkanes) is 5. The van der Waals surface area contributed by atoms with E-state index < -0.39 is 11.6 Å². The van der Waals surface area contributed by atoms with Crippen LogP contribution in [0.4, 0.5) is 0 Å². The van der Waals surface area contributed by atoms with Crippen molar-refractivity contribution in [3.05, 3.63) is 12.2 Å². The van der Waals surface area contributed by atoms with Crippen molar-refractivity contribution < 1.29 is 19.8 Å². The number of aliphatic hydroxyl groups is 1. The van der Waals surface area contributed by atoms with E-state index >= 15 is 0 Å². The Morgan fingerprint density at radius 2 is 1.92 bits per heavy atom. The molecule has 0 aliphatic heterocycles. The molecule has 0 radical (unpaired) electrons. The fraction of sp³-hybridized carbons (Fsp3) is 0.810. The maximum Gasteiger partial charge on any atom is 0.303 e. The zero-order chi connectivity index (χ0) is 18.7. The molecule has 0 heterocycles. The molecule has 1 aliphatic rings. The van der Waals surface area contributed by atoms with Crippen LogP contribution in [0.5, 0.6) is 0 Å². The zero-order valence-corrected chi connectivity index (χ0v) is 16.0. The van der Waals surface area contributed by atoms with Gasteiger partial charge in [0.15, 0.2) is 0 Å². The van der Waals surface area contributed by atoms with E-state index in [0.717, 1.165) is 64.2 Å². The fourth-order valence-electron chi connectivity index (χ4n) is 3.68. The van der Waals surface area contributed by atoms with E-state index in [1.807, 2.05) is 13.0 Å². The van der Waals surface area contributed by atoms with Crippen molar-refractivity contribution in [3.63, 3.8) is 0 Å². The van der Waals surface area contributed by atoms with Gasteiger partial charge in [-0.05, 0) is 38.5 Å². The number of hydrogen-bond donors (Lipinski definition) is 2. The van der Waals surface area contributed by atoms with Crippen LogP contribution in [0.1, 0.15) is 90.9 Å². The number of ketones is 1. The smallest absolute Gasteiger partial charge is 0.303 e. The van der Waals surface area contributed by atoms with Gasteiger partial charge in [0.05, 0.1) is 5.60 Å². The molecule has 0 aromatic heterocycles. The van der Waals surface area contributed by atoms with Crippen LogP contribution in [-0.2, 0) is 9.59 Å². The fourth-order valence-corrected chi connectivity index (χ4v) is 3.68. The summed E-state index contributed by atoms with van der Waals surface area (Å²) in [6, 6.07) is 0. The van der Waals surface area contributed by atoms with Gasteiger partial charge in [-0.1, -0.05) is 57.6 Å². The number of rotatable bonds is 13. The first-order valence-electron chi connectivity index (χ1n) is 10.0. The molecule has 3 atom stereocenters. The minimum Gasteiger partial charge on any atom is -0.481 e. The Hall–Kier alpha value is -1.16. The highest BCUT2D eigenvalue weighted by Gasteiger charge is 2.32. The van der Waals surface area contributed by atoms with Gasteiger partial charge in [-0.25, -0.2) is 0 Å². The third-order valence-corrected chi connectivity index (χ3v) is 5.30. The van der Waals surface area contributed by atoms with E-state index in [2.05, 4.69) is 13.0 Å². The minimum atomic E-state index is -0.776. The van der Waals surface area contributed by atoms with Gasteiger partial charge in [0.1, 0.15) is 5.78 Å². The van der Waals surface area contributed by atoms with Crippen LogP contribution >= 0.6 is 0 Å². The maximum atomic E-state index is 12.2. The molecule has 2 N–H and O–H groups in total. The van der Waals surface area contributed by atoms with Crippen LogP contribution in [0, 0.1) is 11.8 Å². The molecule has 4 heteroatoms. The summed E-state index contributed by atoms with van der Waals surface area (Å²) in [6.07, 6.45) is 14.3. The van der Waals surface area contributed by atoms with E-state index in [0.29, 0.717) is 12.2 Å². The molecular formula is C21H36O4. The SMILES string of the molecule is CCCCCC(C)(O)/C=C/C1CCC(=O)[C@@H]1CCCCCCC(=O)O. The van der Waals surface area contributed by atoms with Crippen molar-refractivity contribution in [3.8, 4) is 0 Å². The predicted octanol–water partition coefficient (Wildman–Crippen LogP) is 4.89. The van der Waals surface area contributed by atoms with Crippen LogP contribution in [-0.4, -0.2) is 27.6 Å². The molecule has 0 saturated heterocycles. The van der Waals surface area contributed by atoms with Gasteiger partial charge < -0.3 is 10.2 Å². The Labute approximate surface area is 152 Å². The van der Waals surface area contributed by atoms with E-state index in [-0.39, 0.29) is 18.3 Å². The Balaban J connectivity index is 2.38. The lowest BCUT2D eigenvalue weighted by molar-refractivity contribution is -0.137. The maximum absolute atomic E-state index is 12.2. The molecule has 0 spiro atoms. The lowest BCUT2D eigenvalue weighted by atomic mass is 9.87. The minimum absolute atomic E-state index is 0.0853. The van der Waals surface area contributed by atoms with Crippen molar-refractivity contribution in [2.75, 3.05) is 0 Å². The largest absolute Gasteiger partial charge is 0.481 e. The molecule has 1 fully saturated rings. The molecule has 1 aliphatic carbocycles. The summed E-state index contributed by atoms with van der Waals surface area (Å²) in [7, 11) is 0. The Kier molecular flexibility index (Phi) is 10.0. The first-order chi connectivity index (χ1) is 11.9. The highest BCUT2D eigenvalue weighted by molar-refractivity contribution is 5.83. The predicted molar refractivity (Wildman–Crippen MR) is 100 cm³/mol.